The van der Waals surface area contributed by atoms with Crippen LogP contribution in [0.15, 0.2) is 42.1 Å². The van der Waals surface area contributed by atoms with Crippen molar-refractivity contribution in [1.82, 2.24) is 9.80 Å². The maximum atomic E-state index is 14.5. The molecule has 0 aromatic heterocycles. The first kappa shape index (κ1) is 25.3. The number of halogens is 3. The molecule has 1 N–H and O–H groups in total. The summed E-state index contributed by atoms with van der Waals surface area (Å²) in [6, 6.07) is 5.37. The van der Waals surface area contributed by atoms with E-state index in [1.165, 1.54) is 43.5 Å². The Kier molecular flexibility index (Phi) is 8.16. The van der Waals surface area contributed by atoms with Gasteiger partial charge in [0.25, 0.3) is 5.91 Å². The zero-order valence-electron chi connectivity index (χ0n) is 20.5. The predicted octanol–water partition coefficient (Wildman–Crippen LogP) is 6.27. The highest BCUT2D eigenvalue weighted by Crippen LogP contribution is 2.34. The van der Waals surface area contributed by atoms with E-state index in [1.54, 1.807) is 0 Å². The molecule has 1 saturated heterocycles. The van der Waals surface area contributed by atoms with Gasteiger partial charge in [-0.25, -0.2) is 13.2 Å². The fourth-order valence-corrected chi connectivity index (χ4v) is 5.30. The third kappa shape index (κ3) is 6.26. The number of allylic oxidation sites excluding steroid dienone is 2. The van der Waals surface area contributed by atoms with Crippen LogP contribution in [-0.2, 0) is 6.54 Å². The van der Waals surface area contributed by atoms with Gasteiger partial charge in [0.1, 0.15) is 17.5 Å². The van der Waals surface area contributed by atoms with Crippen molar-refractivity contribution in [3.05, 3.63) is 76.2 Å². The van der Waals surface area contributed by atoms with Gasteiger partial charge >= 0.3 is 0 Å². The van der Waals surface area contributed by atoms with E-state index in [-0.39, 0.29) is 5.56 Å². The Bertz CT molecular complexity index is 1070. The normalized spacial score (nSPS) is 17.7. The Balaban J connectivity index is 1.42. The fourth-order valence-electron chi connectivity index (χ4n) is 5.30. The van der Waals surface area contributed by atoms with E-state index in [2.05, 4.69) is 28.1 Å². The average molecular weight is 486 g/mol. The summed E-state index contributed by atoms with van der Waals surface area (Å²) in [5, 5.41) is 2.62. The highest BCUT2D eigenvalue weighted by atomic mass is 19.1. The number of carbonyl (C=O) groups is 1. The van der Waals surface area contributed by atoms with E-state index in [4.69, 9.17) is 0 Å². The second-order valence-corrected chi connectivity index (χ2v) is 9.63. The van der Waals surface area contributed by atoms with Crippen LogP contribution in [0.3, 0.4) is 0 Å². The third-order valence-corrected chi connectivity index (χ3v) is 7.17. The van der Waals surface area contributed by atoms with Crippen LogP contribution in [0.2, 0.25) is 0 Å². The molecule has 188 valence electrons. The molecule has 2 aromatic carbocycles. The smallest absolute Gasteiger partial charge is 0.255 e. The van der Waals surface area contributed by atoms with E-state index < -0.39 is 23.4 Å². The molecule has 1 amide bonds. The van der Waals surface area contributed by atoms with Crippen molar-refractivity contribution in [3.63, 3.8) is 0 Å². The van der Waals surface area contributed by atoms with Crippen molar-refractivity contribution in [2.24, 2.45) is 5.92 Å². The van der Waals surface area contributed by atoms with Crippen LogP contribution in [0.5, 0.6) is 0 Å². The molecular weight excluding hydrogens is 451 g/mol. The summed E-state index contributed by atoms with van der Waals surface area (Å²) in [5.74, 6) is -2.13. The number of nitrogens with zero attached hydrogens (tertiary/aromatic N) is 2. The lowest BCUT2D eigenvalue weighted by atomic mass is 10.0. The molecule has 4 nitrogen and oxygen atoms in total. The molecule has 0 atom stereocenters. The first-order valence-corrected chi connectivity index (χ1v) is 12.6. The first-order chi connectivity index (χ1) is 16.8. The van der Waals surface area contributed by atoms with E-state index in [1.807, 2.05) is 6.92 Å². The number of carbonyl (C=O) groups excluding carboxylic acids is 1. The van der Waals surface area contributed by atoms with Crippen LogP contribution in [0.1, 0.15) is 60.5 Å². The molecule has 0 bridgehead atoms. The van der Waals surface area contributed by atoms with Gasteiger partial charge in [-0.1, -0.05) is 25.8 Å². The molecule has 1 heterocycles. The zero-order chi connectivity index (χ0) is 24.9. The minimum absolute atomic E-state index is 0.151. The van der Waals surface area contributed by atoms with E-state index in [0.29, 0.717) is 24.2 Å². The van der Waals surface area contributed by atoms with Crippen molar-refractivity contribution in [2.75, 3.05) is 31.5 Å². The lowest BCUT2D eigenvalue weighted by molar-refractivity contribution is 0.102. The minimum Gasteiger partial charge on any atom is -0.372 e. The number of benzene rings is 2. The van der Waals surface area contributed by atoms with Crippen LogP contribution in [0, 0.1) is 30.3 Å². The van der Waals surface area contributed by atoms with Crippen molar-refractivity contribution in [2.45, 2.75) is 52.5 Å². The van der Waals surface area contributed by atoms with Gasteiger partial charge in [-0.05, 0) is 67.5 Å². The van der Waals surface area contributed by atoms with E-state index >= 15 is 0 Å². The number of piperazine rings is 1. The van der Waals surface area contributed by atoms with Gasteiger partial charge in [-0.3, -0.25) is 9.69 Å². The van der Waals surface area contributed by atoms with Gasteiger partial charge in [0.15, 0.2) is 0 Å². The molecule has 4 rings (SSSR count). The Morgan fingerprint density at radius 3 is 2.23 bits per heavy atom. The maximum Gasteiger partial charge on any atom is 0.255 e. The number of hydrogen-bond donors (Lipinski definition) is 1. The molecule has 2 aromatic rings. The molecule has 2 fully saturated rings. The van der Waals surface area contributed by atoms with Crippen molar-refractivity contribution in [1.29, 1.82) is 0 Å². The predicted molar refractivity (Wildman–Crippen MR) is 133 cm³/mol. The molecular formula is C28H34F3N3O. The second-order valence-electron chi connectivity index (χ2n) is 9.63. The molecule has 1 saturated carbocycles. The monoisotopic (exact) mass is 485 g/mol. The topological polar surface area (TPSA) is 35.6 Å². The second kappa shape index (κ2) is 11.3. The molecule has 1 aliphatic heterocycles. The largest absolute Gasteiger partial charge is 0.372 e. The van der Waals surface area contributed by atoms with Crippen LogP contribution < -0.4 is 5.32 Å². The zero-order valence-corrected chi connectivity index (χ0v) is 20.5. The fraction of sp³-hybridized carbons (Fsp3) is 0.464. The van der Waals surface area contributed by atoms with Gasteiger partial charge in [-0.2, -0.15) is 0 Å². The third-order valence-electron chi connectivity index (χ3n) is 7.17. The highest BCUT2D eigenvalue weighted by Gasteiger charge is 2.26. The standard InChI is InChI=1S/C28H34F3N3O/c1-3-6-27(20-7-4-5-8-20)34-11-9-33(10-12-34)18-22-15-25(31)17-26(19(22)2)32-28(35)21-13-23(29)16-24(30)14-21/h6,13-17,20H,3-5,7-12,18H2,1-2H3,(H,32,35)/b27-6-. The quantitative estimate of drug-likeness (QED) is 0.502. The Labute approximate surface area is 205 Å². The number of anilines is 1. The Hall–Kier alpha value is -2.80. The maximum absolute atomic E-state index is 14.5. The molecule has 2 aliphatic rings. The van der Waals surface area contributed by atoms with Gasteiger partial charge in [0, 0.05) is 55.7 Å². The summed E-state index contributed by atoms with van der Waals surface area (Å²) >= 11 is 0. The number of nitrogens with one attached hydrogen (secondary N) is 1. The van der Waals surface area contributed by atoms with Gasteiger partial charge in [0.05, 0.1) is 0 Å². The van der Waals surface area contributed by atoms with Crippen molar-refractivity contribution >= 4 is 11.6 Å². The van der Waals surface area contributed by atoms with Crippen molar-refractivity contribution < 1.29 is 18.0 Å². The summed E-state index contributed by atoms with van der Waals surface area (Å²) in [6.45, 7) is 8.26. The van der Waals surface area contributed by atoms with Crippen LogP contribution in [0.4, 0.5) is 18.9 Å². The van der Waals surface area contributed by atoms with Crippen molar-refractivity contribution in [3.8, 4) is 0 Å². The van der Waals surface area contributed by atoms with E-state index in [9.17, 15) is 18.0 Å². The van der Waals surface area contributed by atoms with Gasteiger partial charge in [0.2, 0.25) is 0 Å². The molecule has 7 heteroatoms. The molecule has 0 spiro atoms. The summed E-state index contributed by atoms with van der Waals surface area (Å²) in [4.78, 5) is 17.4. The molecule has 1 aliphatic carbocycles. The van der Waals surface area contributed by atoms with Gasteiger partial charge < -0.3 is 10.2 Å². The number of hydrogen-bond acceptors (Lipinski definition) is 3. The summed E-state index contributed by atoms with van der Waals surface area (Å²) in [5.41, 5.74) is 3.20. The first-order valence-electron chi connectivity index (χ1n) is 12.6. The molecule has 0 radical (unpaired) electrons. The van der Waals surface area contributed by atoms with Gasteiger partial charge in [-0.15, -0.1) is 0 Å². The summed E-state index contributed by atoms with van der Waals surface area (Å²) in [7, 11) is 0. The minimum atomic E-state index is -0.837. The van der Waals surface area contributed by atoms with Crippen LogP contribution in [-0.4, -0.2) is 41.9 Å². The summed E-state index contributed by atoms with van der Waals surface area (Å²) in [6.07, 6.45) is 8.64. The van der Waals surface area contributed by atoms with E-state index in [0.717, 1.165) is 55.9 Å². The van der Waals surface area contributed by atoms with Crippen LogP contribution >= 0.6 is 0 Å². The molecule has 35 heavy (non-hydrogen) atoms. The lowest BCUT2D eigenvalue weighted by Crippen LogP contribution is -2.46. The number of amides is 1. The van der Waals surface area contributed by atoms with Crippen LogP contribution in [0.25, 0.3) is 0 Å². The average Bonchev–Trinajstić information content (AvgIpc) is 3.35. The number of rotatable bonds is 7. The molecule has 0 unspecified atom stereocenters. The Morgan fingerprint density at radius 2 is 1.60 bits per heavy atom. The Morgan fingerprint density at radius 1 is 0.971 bits per heavy atom. The highest BCUT2D eigenvalue weighted by molar-refractivity contribution is 6.04. The SMILES string of the molecule is CC/C=C(/C1CCCC1)N1CCN(Cc2cc(F)cc(NC(=O)c3cc(F)cc(F)c3)c2C)CC1. The lowest BCUT2D eigenvalue weighted by Gasteiger charge is -2.39. The summed E-state index contributed by atoms with van der Waals surface area (Å²) < 4.78 is 41.5.